The first-order valence-electron chi connectivity index (χ1n) is 4.00. The fourth-order valence-electron chi connectivity index (χ4n) is 1.65. The lowest BCUT2D eigenvalue weighted by Gasteiger charge is -2.17. The van der Waals surface area contributed by atoms with E-state index in [2.05, 4.69) is 4.90 Å². The van der Waals surface area contributed by atoms with Gasteiger partial charge in [-0.1, -0.05) is 0 Å². The average Bonchev–Trinajstić information content (AvgIpc) is 2.33. The topological polar surface area (TPSA) is 40.5 Å². The van der Waals surface area contributed by atoms with Crippen LogP contribution in [0.2, 0.25) is 0 Å². The summed E-state index contributed by atoms with van der Waals surface area (Å²) in [6.45, 7) is 0. The summed E-state index contributed by atoms with van der Waals surface area (Å²) in [6, 6.07) is 0.482. The molecule has 1 rings (SSSR count). The summed E-state index contributed by atoms with van der Waals surface area (Å²) < 4.78 is 0. The Morgan fingerprint density at radius 3 is 2.25 bits per heavy atom. The lowest BCUT2D eigenvalue weighted by molar-refractivity contribution is -0.141. The van der Waals surface area contributed by atoms with Crippen LogP contribution >= 0.6 is 12.4 Å². The molecule has 1 saturated carbocycles. The third-order valence-corrected chi connectivity index (χ3v) is 2.48. The van der Waals surface area contributed by atoms with Crippen molar-refractivity contribution in [2.24, 2.45) is 5.92 Å². The van der Waals surface area contributed by atoms with Crippen molar-refractivity contribution in [1.29, 1.82) is 0 Å². The second kappa shape index (κ2) is 4.67. The van der Waals surface area contributed by atoms with Crippen LogP contribution in [-0.2, 0) is 4.79 Å². The maximum Gasteiger partial charge on any atom is 0.306 e. The van der Waals surface area contributed by atoms with Gasteiger partial charge in [-0.15, -0.1) is 12.4 Å². The summed E-state index contributed by atoms with van der Waals surface area (Å²) in [7, 11) is 4.02. The maximum absolute atomic E-state index is 10.6. The van der Waals surface area contributed by atoms with Crippen molar-refractivity contribution in [1.82, 2.24) is 4.90 Å². The number of carboxylic acids is 1. The molecule has 2 atom stereocenters. The Kier molecular flexibility index (Phi) is 4.57. The van der Waals surface area contributed by atoms with Gasteiger partial charge in [0.2, 0.25) is 0 Å². The van der Waals surface area contributed by atoms with Gasteiger partial charge in [-0.2, -0.15) is 0 Å². The van der Waals surface area contributed by atoms with Crippen LogP contribution in [0.1, 0.15) is 19.3 Å². The standard InChI is InChI=1S/C8H15NO2.ClH/c1-9(2)7-4-3-6(5-7)8(10)11;/h6-7H,3-5H2,1-2H3,(H,10,11);1H/t6-,7+;/m0./s1. The molecule has 1 N–H and O–H groups in total. The van der Waals surface area contributed by atoms with Gasteiger partial charge in [0.15, 0.2) is 0 Å². The highest BCUT2D eigenvalue weighted by atomic mass is 35.5. The number of rotatable bonds is 2. The van der Waals surface area contributed by atoms with E-state index in [1.165, 1.54) is 0 Å². The van der Waals surface area contributed by atoms with Crippen LogP contribution in [0.5, 0.6) is 0 Å². The zero-order valence-electron chi connectivity index (χ0n) is 7.49. The maximum atomic E-state index is 10.6. The quantitative estimate of drug-likeness (QED) is 0.717. The first-order chi connectivity index (χ1) is 5.11. The predicted molar refractivity (Wildman–Crippen MR) is 49.7 cm³/mol. The van der Waals surface area contributed by atoms with Crippen molar-refractivity contribution in [3.05, 3.63) is 0 Å². The minimum absolute atomic E-state index is 0. The molecule has 0 aliphatic heterocycles. The van der Waals surface area contributed by atoms with Crippen molar-refractivity contribution in [3.8, 4) is 0 Å². The van der Waals surface area contributed by atoms with E-state index in [1.54, 1.807) is 0 Å². The van der Waals surface area contributed by atoms with Crippen LogP contribution in [-0.4, -0.2) is 36.1 Å². The number of carboxylic acid groups (broad SMARTS) is 1. The van der Waals surface area contributed by atoms with Crippen molar-refractivity contribution in [2.75, 3.05) is 14.1 Å². The monoisotopic (exact) mass is 193 g/mol. The highest BCUT2D eigenvalue weighted by Gasteiger charge is 2.30. The molecule has 0 unspecified atom stereocenters. The molecule has 3 nitrogen and oxygen atoms in total. The molecule has 0 radical (unpaired) electrons. The number of carbonyl (C=O) groups is 1. The summed E-state index contributed by atoms with van der Waals surface area (Å²) in [6.07, 6.45) is 2.70. The second-order valence-electron chi connectivity index (χ2n) is 3.47. The van der Waals surface area contributed by atoms with Gasteiger partial charge in [-0.3, -0.25) is 4.79 Å². The molecular formula is C8H16ClNO2. The Morgan fingerprint density at radius 2 is 2.00 bits per heavy atom. The Bertz CT molecular complexity index is 161. The summed E-state index contributed by atoms with van der Waals surface area (Å²) in [5.41, 5.74) is 0. The lowest BCUT2D eigenvalue weighted by Crippen LogP contribution is -2.25. The minimum Gasteiger partial charge on any atom is -0.481 e. The van der Waals surface area contributed by atoms with Gasteiger partial charge in [-0.05, 0) is 33.4 Å². The van der Waals surface area contributed by atoms with Gasteiger partial charge < -0.3 is 10.0 Å². The molecule has 0 aromatic carbocycles. The number of halogens is 1. The Labute approximate surface area is 79.2 Å². The fourth-order valence-corrected chi connectivity index (χ4v) is 1.65. The van der Waals surface area contributed by atoms with Gasteiger partial charge >= 0.3 is 5.97 Å². The first kappa shape index (κ1) is 11.7. The Morgan fingerprint density at radius 1 is 1.42 bits per heavy atom. The highest BCUT2D eigenvalue weighted by molar-refractivity contribution is 5.85. The smallest absolute Gasteiger partial charge is 0.306 e. The van der Waals surface area contributed by atoms with E-state index in [-0.39, 0.29) is 18.3 Å². The molecule has 12 heavy (non-hydrogen) atoms. The second-order valence-corrected chi connectivity index (χ2v) is 3.47. The molecule has 0 saturated heterocycles. The van der Waals surface area contributed by atoms with Crippen LogP contribution < -0.4 is 0 Å². The lowest BCUT2D eigenvalue weighted by atomic mass is 10.1. The number of hydrogen-bond donors (Lipinski definition) is 1. The molecule has 0 bridgehead atoms. The van der Waals surface area contributed by atoms with Crippen molar-refractivity contribution in [2.45, 2.75) is 25.3 Å². The largest absolute Gasteiger partial charge is 0.481 e. The normalized spacial score (nSPS) is 28.6. The number of hydrogen-bond acceptors (Lipinski definition) is 2. The van der Waals surface area contributed by atoms with E-state index in [4.69, 9.17) is 5.11 Å². The van der Waals surface area contributed by atoms with Crippen LogP contribution in [0.25, 0.3) is 0 Å². The highest BCUT2D eigenvalue weighted by Crippen LogP contribution is 2.27. The van der Waals surface area contributed by atoms with Gasteiger partial charge in [0.05, 0.1) is 5.92 Å². The Hall–Kier alpha value is -0.280. The van der Waals surface area contributed by atoms with Crippen LogP contribution in [0.3, 0.4) is 0 Å². The third kappa shape index (κ3) is 2.64. The third-order valence-electron chi connectivity index (χ3n) is 2.48. The zero-order chi connectivity index (χ0) is 8.43. The van der Waals surface area contributed by atoms with Crippen molar-refractivity contribution >= 4 is 18.4 Å². The number of aliphatic carboxylic acids is 1. The number of nitrogens with zero attached hydrogens (tertiary/aromatic N) is 1. The molecule has 0 amide bonds. The van der Waals surface area contributed by atoms with E-state index >= 15 is 0 Å². The van der Waals surface area contributed by atoms with Gasteiger partial charge in [0.1, 0.15) is 0 Å². The molecule has 1 fully saturated rings. The SMILES string of the molecule is CN(C)[C@@H]1CC[C@H](C(=O)O)C1.Cl. The minimum atomic E-state index is -0.630. The van der Waals surface area contributed by atoms with Crippen molar-refractivity contribution in [3.63, 3.8) is 0 Å². The fraction of sp³-hybridized carbons (Fsp3) is 0.875. The van der Waals surface area contributed by atoms with Crippen LogP contribution in [0.4, 0.5) is 0 Å². The molecule has 0 aromatic heterocycles. The average molecular weight is 194 g/mol. The Balaban J connectivity index is 0.00000121. The molecule has 0 aromatic rings. The molecule has 0 spiro atoms. The molecule has 1 aliphatic rings. The summed E-state index contributed by atoms with van der Waals surface area (Å²) in [5, 5.41) is 8.69. The molecule has 0 heterocycles. The van der Waals surface area contributed by atoms with Crippen LogP contribution in [0.15, 0.2) is 0 Å². The van der Waals surface area contributed by atoms with Gasteiger partial charge in [0, 0.05) is 6.04 Å². The summed E-state index contributed by atoms with van der Waals surface area (Å²) in [5.74, 6) is -0.725. The van der Waals surface area contributed by atoms with E-state index in [1.807, 2.05) is 14.1 Å². The van der Waals surface area contributed by atoms with E-state index in [0.29, 0.717) is 6.04 Å². The van der Waals surface area contributed by atoms with Crippen molar-refractivity contribution < 1.29 is 9.90 Å². The zero-order valence-corrected chi connectivity index (χ0v) is 8.30. The molecular weight excluding hydrogens is 178 g/mol. The summed E-state index contributed by atoms with van der Waals surface area (Å²) in [4.78, 5) is 12.7. The van der Waals surface area contributed by atoms with E-state index in [0.717, 1.165) is 19.3 Å². The first-order valence-corrected chi connectivity index (χ1v) is 4.00. The summed E-state index contributed by atoms with van der Waals surface area (Å²) >= 11 is 0. The molecule has 4 heteroatoms. The molecule has 72 valence electrons. The van der Waals surface area contributed by atoms with Gasteiger partial charge in [0.25, 0.3) is 0 Å². The van der Waals surface area contributed by atoms with E-state index in [9.17, 15) is 4.79 Å². The predicted octanol–water partition coefficient (Wildman–Crippen LogP) is 1.22. The molecule has 1 aliphatic carbocycles. The van der Waals surface area contributed by atoms with E-state index < -0.39 is 5.97 Å². The van der Waals surface area contributed by atoms with Crippen LogP contribution in [0, 0.1) is 5.92 Å². The van der Waals surface area contributed by atoms with Gasteiger partial charge in [-0.25, -0.2) is 0 Å².